The number of rotatable bonds is 4. The average Bonchev–Trinajstić information content (AvgIpc) is 3.23. The minimum absolute atomic E-state index is 0.0892. The second-order valence-electron chi connectivity index (χ2n) is 6.14. The fraction of sp³-hybridized carbons (Fsp3) is 0.471. The Bertz CT molecular complexity index is 713. The molecule has 0 aliphatic carbocycles. The van der Waals surface area contributed by atoms with Crippen LogP contribution in [0.15, 0.2) is 28.8 Å². The summed E-state index contributed by atoms with van der Waals surface area (Å²) in [4.78, 5) is 18.6. The second-order valence-corrected chi connectivity index (χ2v) is 6.14. The molecule has 1 saturated heterocycles. The minimum Gasteiger partial charge on any atom is -0.497 e. The number of urea groups is 1. The topological polar surface area (TPSA) is 80.5 Å². The molecule has 1 aliphatic heterocycles. The van der Waals surface area contributed by atoms with Crippen molar-refractivity contribution in [3.63, 3.8) is 0 Å². The number of hydrogen-bond donors (Lipinski definition) is 1. The van der Waals surface area contributed by atoms with E-state index in [-0.39, 0.29) is 18.1 Å². The van der Waals surface area contributed by atoms with Crippen LogP contribution >= 0.6 is 0 Å². The van der Waals surface area contributed by atoms with Crippen LogP contribution in [-0.4, -0.2) is 40.8 Å². The normalized spacial score (nSPS) is 17.3. The third-order valence-corrected chi connectivity index (χ3v) is 3.98. The zero-order chi connectivity index (χ0) is 17.1. The van der Waals surface area contributed by atoms with Crippen LogP contribution in [0.4, 0.5) is 4.79 Å². The van der Waals surface area contributed by atoms with E-state index in [0.29, 0.717) is 18.3 Å². The van der Waals surface area contributed by atoms with Gasteiger partial charge >= 0.3 is 6.03 Å². The molecule has 2 heterocycles. The van der Waals surface area contributed by atoms with E-state index in [1.165, 1.54) is 0 Å². The Balaban J connectivity index is 1.80. The molecule has 1 aliphatic rings. The van der Waals surface area contributed by atoms with E-state index in [9.17, 15) is 4.79 Å². The van der Waals surface area contributed by atoms with Crippen molar-refractivity contribution in [3.8, 4) is 17.1 Å². The van der Waals surface area contributed by atoms with Crippen molar-refractivity contribution in [1.82, 2.24) is 20.4 Å². The highest BCUT2D eigenvalue weighted by Gasteiger charge is 2.34. The van der Waals surface area contributed by atoms with Gasteiger partial charge in [-0.25, -0.2) is 4.79 Å². The van der Waals surface area contributed by atoms with Gasteiger partial charge in [0.2, 0.25) is 11.7 Å². The molecule has 24 heavy (non-hydrogen) atoms. The average molecular weight is 330 g/mol. The SMILES string of the molecule is COc1cccc(-c2noc([C@@H]3CCCN3C(=O)NC(C)C)n2)c1. The Morgan fingerprint density at radius 3 is 3.04 bits per heavy atom. The molecule has 1 fully saturated rings. The summed E-state index contributed by atoms with van der Waals surface area (Å²) in [6.45, 7) is 4.58. The smallest absolute Gasteiger partial charge is 0.318 e. The zero-order valence-corrected chi connectivity index (χ0v) is 14.2. The molecule has 3 rings (SSSR count). The van der Waals surface area contributed by atoms with Crippen LogP contribution in [0.3, 0.4) is 0 Å². The number of carbonyl (C=O) groups excluding carboxylic acids is 1. The maximum atomic E-state index is 12.3. The van der Waals surface area contributed by atoms with Gasteiger partial charge in [0, 0.05) is 18.2 Å². The summed E-state index contributed by atoms with van der Waals surface area (Å²) < 4.78 is 10.7. The monoisotopic (exact) mass is 330 g/mol. The zero-order valence-electron chi connectivity index (χ0n) is 14.2. The number of hydrogen-bond acceptors (Lipinski definition) is 5. The number of likely N-dealkylation sites (tertiary alicyclic amines) is 1. The van der Waals surface area contributed by atoms with Crippen LogP contribution in [0.25, 0.3) is 11.4 Å². The van der Waals surface area contributed by atoms with Crippen molar-refractivity contribution < 1.29 is 14.1 Å². The predicted octanol–water partition coefficient (Wildman–Crippen LogP) is 3.00. The highest BCUT2D eigenvalue weighted by molar-refractivity contribution is 5.75. The van der Waals surface area contributed by atoms with Gasteiger partial charge in [0.25, 0.3) is 0 Å². The minimum atomic E-state index is -0.171. The third-order valence-electron chi connectivity index (χ3n) is 3.98. The molecular formula is C17H22N4O3. The van der Waals surface area contributed by atoms with Crippen LogP contribution < -0.4 is 10.1 Å². The van der Waals surface area contributed by atoms with Crippen LogP contribution in [0.1, 0.15) is 38.6 Å². The first-order chi connectivity index (χ1) is 11.6. The molecule has 2 aromatic rings. The lowest BCUT2D eigenvalue weighted by Crippen LogP contribution is -2.42. The number of ether oxygens (including phenoxy) is 1. The van der Waals surface area contributed by atoms with E-state index in [1.54, 1.807) is 12.0 Å². The summed E-state index contributed by atoms with van der Waals surface area (Å²) in [5.41, 5.74) is 0.820. The largest absolute Gasteiger partial charge is 0.497 e. The van der Waals surface area contributed by atoms with Crippen LogP contribution in [0.2, 0.25) is 0 Å². The Morgan fingerprint density at radius 1 is 1.46 bits per heavy atom. The van der Waals surface area contributed by atoms with E-state index >= 15 is 0 Å². The predicted molar refractivity (Wildman–Crippen MR) is 88.6 cm³/mol. The Kier molecular flexibility index (Phi) is 4.69. The summed E-state index contributed by atoms with van der Waals surface area (Å²) in [5, 5.41) is 6.98. The molecule has 0 bridgehead atoms. The molecule has 2 amide bonds. The first-order valence-electron chi connectivity index (χ1n) is 8.13. The fourth-order valence-electron chi connectivity index (χ4n) is 2.85. The van der Waals surface area contributed by atoms with Gasteiger partial charge in [0.1, 0.15) is 11.8 Å². The summed E-state index contributed by atoms with van der Waals surface area (Å²) in [6, 6.07) is 7.32. The van der Waals surface area contributed by atoms with Crippen LogP contribution in [0.5, 0.6) is 5.75 Å². The molecule has 1 aromatic carbocycles. The van der Waals surface area contributed by atoms with Crippen LogP contribution in [-0.2, 0) is 0 Å². The molecule has 128 valence electrons. The van der Waals surface area contributed by atoms with Gasteiger partial charge in [-0.05, 0) is 38.8 Å². The maximum absolute atomic E-state index is 12.3. The van der Waals surface area contributed by atoms with Crippen molar-refractivity contribution in [2.24, 2.45) is 0 Å². The standard InChI is InChI=1S/C17H22N4O3/c1-11(2)18-17(22)21-9-5-8-14(21)16-19-15(20-24-16)12-6-4-7-13(10-12)23-3/h4,6-7,10-11,14H,5,8-9H2,1-3H3,(H,18,22)/t14-/m0/s1. The van der Waals surface area contributed by atoms with Gasteiger partial charge in [-0.2, -0.15) is 4.98 Å². The lowest BCUT2D eigenvalue weighted by atomic mass is 10.2. The van der Waals surface area contributed by atoms with Gasteiger partial charge in [-0.3, -0.25) is 0 Å². The summed E-state index contributed by atoms with van der Waals surface area (Å²) in [5.74, 6) is 1.71. The summed E-state index contributed by atoms with van der Waals surface area (Å²) >= 11 is 0. The summed E-state index contributed by atoms with van der Waals surface area (Å²) in [6.07, 6.45) is 1.75. The van der Waals surface area contributed by atoms with E-state index in [4.69, 9.17) is 9.26 Å². The fourth-order valence-corrected chi connectivity index (χ4v) is 2.85. The van der Waals surface area contributed by atoms with Gasteiger partial charge in [0.05, 0.1) is 7.11 Å². The number of nitrogens with one attached hydrogen (secondary N) is 1. The second kappa shape index (κ2) is 6.90. The maximum Gasteiger partial charge on any atom is 0.318 e. The highest BCUT2D eigenvalue weighted by atomic mass is 16.5. The van der Waals surface area contributed by atoms with Gasteiger partial charge in [-0.15, -0.1) is 0 Å². The number of methoxy groups -OCH3 is 1. The van der Waals surface area contributed by atoms with E-state index in [0.717, 1.165) is 24.2 Å². The lowest BCUT2D eigenvalue weighted by molar-refractivity contribution is 0.178. The van der Waals surface area contributed by atoms with Gasteiger partial charge < -0.3 is 19.5 Å². The molecule has 7 heteroatoms. The number of aromatic nitrogens is 2. The first kappa shape index (κ1) is 16.3. The number of benzene rings is 1. The molecule has 7 nitrogen and oxygen atoms in total. The van der Waals surface area contributed by atoms with Crippen molar-refractivity contribution in [2.45, 2.75) is 38.8 Å². The lowest BCUT2D eigenvalue weighted by Gasteiger charge is -2.23. The van der Waals surface area contributed by atoms with Gasteiger partial charge in [-0.1, -0.05) is 17.3 Å². The molecule has 0 saturated carbocycles. The van der Waals surface area contributed by atoms with E-state index in [1.807, 2.05) is 38.1 Å². The van der Waals surface area contributed by atoms with Crippen molar-refractivity contribution in [3.05, 3.63) is 30.2 Å². The molecule has 0 spiro atoms. The van der Waals surface area contributed by atoms with E-state index in [2.05, 4.69) is 15.5 Å². The Morgan fingerprint density at radius 2 is 2.29 bits per heavy atom. The molecule has 1 atom stereocenters. The van der Waals surface area contributed by atoms with Crippen molar-refractivity contribution >= 4 is 6.03 Å². The molecule has 1 aromatic heterocycles. The quantitative estimate of drug-likeness (QED) is 0.932. The van der Waals surface area contributed by atoms with E-state index < -0.39 is 0 Å². The van der Waals surface area contributed by atoms with Crippen molar-refractivity contribution in [2.75, 3.05) is 13.7 Å². The summed E-state index contributed by atoms with van der Waals surface area (Å²) in [7, 11) is 1.62. The van der Waals surface area contributed by atoms with Crippen molar-refractivity contribution in [1.29, 1.82) is 0 Å². The first-order valence-corrected chi connectivity index (χ1v) is 8.13. The van der Waals surface area contributed by atoms with Gasteiger partial charge in [0.15, 0.2) is 0 Å². The number of nitrogens with zero attached hydrogens (tertiary/aromatic N) is 3. The molecule has 0 unspecified atom stereocenters. The Labute approximate surface area is 141 Å². The molecule has 1 N–H and O–H groups in total. The highest BCUT2D eigenvalue weighted by Crippen LogP contribution is 2.32. The number of carbonyl (C=O) groups is 1. The number of amides is 2. The molecular weight excluding hydrogens is 308 g/mol. The molecule has 0 radical (unpaired) electrons. The Hall–Kier alpha value is -2.57. The van der Waals surface area contributed by atoms with Crippen LogP contribution in [0, 0.1) is 0 Å². The third kappa shape index (κ3) is 3.34.